The van der Waals surface area contributed by atoms with Gasteiger partial charge in [-0.05, 0) is 55.5 Å². The second-order valence-corrected chi connectivity index (χ2v) is 4.67. The fraction of sp³-hybridized carbons (Fsp3) is 0.267. The Kier molecular flexibility index (Phi) is 3.48. The highest BCUT2D eigenvalue weighted by atomic mass is 15.1. The summed E-state index contributed by atoms with van der Waals surface area (Å²) in [6.07, 6.45) is 5.31. The van der Waals surface area contributed by atoms with E-state index in [2.05, 4.69) is 49.0 Å². The first-order valence-electron chi connectivity index (χ1n) is 6.09. The Hall–Kier alpha value is -2.41. The maximum absolute atomic E-state index is 8.53. The van der Waals surface area contributed by atoms with Crippen LogP contribution in [0.1, 0.15) is 22.3 Å². The third-order valence-electron chi connectivity index (χ3n) is 3.47. The fourth-order valence-corrected chi connectivity index (χ4v) is 2.22. The van der Waals surface area contributed by atoms with E-state index in [0.717, 1.165) is 5.56 Å². The molecule has 0 saturated heterocycles. The van der Waals surface area contributed by atoms with Gasteiger partial charge in [0.15, 0.2) is 6.19 Å². The number of benzene rings is 1. The standard InChI is InChI=1S/C15H16N4/c1-9-5-10(2)12(4)14(11(9)3)13-6-17-15(18-7-13)19-8-16/h5-7H,1-4H3,(H,17,18,19). The molecule has 0 amide bonds. The quantitative estimate of drug-likeness (QED) is 0.658. The lowest BCUT2D eigenvalue weighted by Gasteiger charge is -2.15. The average molecular weight is 252 g/mol. The predicted octanol–water partition coefficient (Wildman–Crippen LogP) is 3.27. The Bertz CT molecular complexity index is 625. The number of hydrogen-bond acceptors (Lipinski definition) is 4. The van der Waals surface area contributed by atoms with Crippen molar-refractivity contribution in [1.82, 2.24) is 9.97 Å². The summed E-state index contributed by atoms with van der Waals surface area (Å²) in [5, 5.41) is 10.9. The van der Waals surface area contributed by atoms with E-state index < -0.39 is 0 Å². The van der Waals surface area contributed by atoms with Crippen LogP contribution in [0.3, 0.4) is 0 Å². The molecule has 0 spiro atoms. The zero-order valence-corrected chi connectivity index (χ0v) is 11.6. The number of hydrogen-bond donors (Lipinski definition) is 1. The van der Waals surface area contributed by atoms with Crippen LogP contribution in [0.5, 0.6) is 0 Å². The molecule has 0 aliphatic carbocycles. The van der Waals surface area contributed by atoms with Gasteiger partial charge in [0.1, 0.15) is 0 Å². The maximum atomic E-state index is 8.53. The van der Waals surface area contributed by atoms with Gasteiger partial charge in [0.25, 0.3) is 0 Å². The second kappa shape index (κ2) is 5.07. The van der Waals surface area contributed by atoms with Crippen LogP contribution < -0.4 is 5.32 Å². The molecule has 19 heavy (non-hydrogen) atoms. The Morgan fingerprint density at radius 1 is 1.00 bits per heavy atom. The lowest BCUT2D eigenvalue weighted by molar-refractivity contribution is 1.16. The first kappa shape index (κ1) is 13.0. The van der Waals surface area contributed by atoms with Crippen LogP contribution in [-0.2, 0) is 0 Å². The zero-order valence-electron chi connectivity index (χ0n) is 11.6. The van der Waals surface area contributed by atoms with Crippen molar-refractivity contribution in [2.75, 3.05) is 5.32 Å². The number of nitriles is 1. The van der Waals surface area contributed by atoms with Gasteiger partial charge in [-0.25, -0.2) is 9.97 Å². The summed E-state index contributed by atoms with van der Waals surface area (Å²) in [6.45, 7) is 8.44. The third kappa shape index (κ3) is 2.41. The predicted molar refractivity (Wildman–Crippen MR) is 75.7 cm³/mol. The number of aryl methyl sites for hydroxylation is 2. The van der Waals surface area contributed by atoms with Crippen molar-refractivity contribution in [2.45, 2.75) is 27.7 Å². The van der Waals surface area contributed by atoms with Crippen LogP contribution in [-0.4, -0.2) is 9.97 Å². The molecular formula is C15H16N4. The van der Waals surface area contributed by atoms with E-state index in [1.165, 1.54) is 27.8 Å². The molecule has 2 rings (SSSR count). The van der Waals surface area contributed by atoms with Crippen LogP contribution in [0, 0.1) is 39.1 Å². The van der Waals surface area contributed by atoms with E-state index >= 15 is 0 Å². The van der Waals surface area contributed by atoms with Gasteiger partial charge in [-0.2, -0.15) is 5.26 Å². The monoisotopic (exact) mass is 252 g/mol. The number of nitrogens with zero attached hydrogens (tertiary/aromatic N) is 3. The van der Waals surface area contributed by atoms with Gasteiger partial charge in [-0.15, -0.1) is 0 Å². The Morgan fingerprint density at radius 3 is 2.00 bits per heavy atom. The summed E-state index contributed by atoms with van der Waals surface area (Å²) in [7, 11) is 0. The van der Waals surface area contributed by atoms with Crippen molar-refractivity contribution in [3.63, 3.8) is 0 Å². The van der Waals surface area contributed by atoms with Crippen molar-refractivity contribution in [2.24, 2.45) is 0 Å². The average Bonchev–Trinajstić information content (AvgIpc) is 2.39. The van der Waals surface area contributed by atoms with Gasteiger partial charge in [-0.3, -0.25) is 5.32 Å². The molecule has 2 aromatic rings. The van der Waals surface area contributed by atoms with E-state index in [4.69, 9.17) is 5.26 Å². The molecule has 4 heteroatoms. The summed E-state index contributed by atoms with van der Waals surface area (Å²) in [6, 6.07) is 2.20. The van der Waals surface area contributed by atoms with E-state index in [-0.39, 0.29) is 0 Å². The van der Waals surface area contributed by atoms with Gasteiger partial charge >= 0.3 is 0 Å². The minimum Gasteiger partial charge on any atom is -0.261 e. The lowest BCUT2D eigenvalue weighted by Crippen LogP contribution is -1.98. The van der Waals surface area contributed by atoms with Crippen LogP contribution >= 0.6 is 0 Å². The van der Waals surface area contributed by atoms with E-state index in [9.17, 15) is 0 Å². The Balaban J connectivity index is 2.56. The summed E-state index contributed by atoms with van der Waals surface area (Å²) >= 11 is 0. The second-order valence-electron chi connectivity index (χ2n) is 4.67. The molecule has 0 bridgehead atoms. The van der Waals surface area contributed by atoms with Crippen molar-refractivity contribution >= 4 is 5.95 Å². The molecule has 1 aromatic heterocycles. The molecule has 0 aliphatic rings. The number of anilines is 1. The molecule has 0 fully saturated rings. The van der Waals surface area contributed by atoms with Crippen LogP contribution in [0.15, 0.2) is 18.5 Å². The first-order chi connectivity index (χ1) is 9.04. The molecule has 1 N–H and O–H groups in total. The Labute approximate surface area is 113 Å². The minimum atomic E-state index is 0.325. The highest BCUT2D eigenvalue weighted by Gasteiger charge is 2.11. The molecule has 0 unspecified atom stereocenters. The molecule has 1 heterocycles. The molecule has 0 aliphatic heterocycles. The van der Waals surface area contributed by atoms with E-state index in [1.54, 1.807) is 12.4 Å². The largest absolute Gasteiger partial charge is 0.261 e. The normalized spacial score (nSPS) is 10.1. The molecule has 1 aromatic carbocycles. The molecule has 0 saturated carbocycles. The van der Waals surface area contributed by atoms with Crippen molar-refractivity contribution in [1.29, 1.82) is 5.26 Å². The first-order valence-corrected chi connectivity index (χ1v) is 6.09. The van der Waals surface area contributed by atoms with Crippen LogP contribution in [0.4, 0.5) is 5.95 Å². The molecule has 4 nitrogen and oxygen atoms in total. The maximum Gasteiger partial charge on any atom is 0.236 e. The summed E-state index contributed by atoms with van der Waals surface area (Å²) in [5.74, 6) is 0.325. The lowest BCUT2D eigenvalue weighted by atomic mass is 9.91. The van der Waals surface area contributed by atoms with Gasteiger partial charge in [0.05, 0.1) is 0 Å². The SMILES string of the molecule is Cc1cc(C)c(C)c(-c2cnc(NC#N)nc2)c1C. The highest BCUT2D eigenvalue weighted by molar-refractivity contribution is 5.72. The molecule has 0 radical (unpaired) electrons. The van der Waals surface area contributed by atoms with Crippen molar-refractivity contribution in [3.05, 3.63) is 40.7 Å². The van der Waals surface area contributed by atoms with E-state index in [0.29, 0.717) is 5.95 Å². The van der Waals surface area contributed by atoms with E-state index in [1.807, 2.05) is 6.19 Å². The van der Waals surface area contributed by atoms with Gasteiger partial charge in [0, 0.05) is 18.0 Å². The highest BCUT2D eigenvalue weighted by Crippen LogP contribution is 2.30. The zero-order chi connectivity index (χ0) is 14.0. The van der Waals surface area contributed by atoms with Gasteiger partial charge in [-0.1, -0.05) is 6.07 Å². The summed E-state index contributed by atoms with van der Waals surface area (Å²) in [4.78, 5) is 8.28. The third-order valence-corrected chi connectivity index (χ3v) is 3.47. The van der Waals surface area contributed by atoms with Crippen molar-refractivity contribution < 1.29 is 0 Å². The molecular weight excluding hydrogens is 236 g/mol. The topological polar surface area (TPSA) is 61.6 Å². The smallest absolute Gasteiger partial charge is 0.236 e. The van der Waals surface area contributed by atoms with Crippen LogP contribution in [0.2, 0.25) is 0 Å². The van der Waals surface area contributed by atoms with Gasteiger partial charge < -0.3 is 0 Å². The molecule has 0 atom stereocenters. The Morgan fingerprint density at radius 2 is 1.53 bits per heavy atom. The van der Waals surface area contributed by atoms with Crippen LogP contribution in [0.25, 0.3) is 11.1 Å². The number of nitrogens with one attached hydrogen (secondary N) is 1. The number of rotatable bonds is 2. The minimum absolute atomic E-state index is 0.325. The summed E-state index contributed by atoms with van der Waals surface area (Å²) < 4.78 is 0. The fourth-order valence-electron chi connectivity index (χ4n) is 2.22. The number of aromatic nitrogens is 2. The molecule has 96 valence electrons. The van der Waals surface area contributed by atoms with Gasteiger partial charge in [0.2, 0.25) is 5.95 Å². The summed E-state index contributed by atoms with van der Waals surface area (Å²) in [5.41, 5.74) is 7.17. The van der Waals surface area contributed by atoms with Crippen molar-refractivity contribution in [3.8, 4) is 17.3 Å².